The first kappa shape index (κ1) is 8.52. The van der Waals surface area contributed by atoms with Crippen LogP contribution in [-0.4, -0.2) is 21.9 Å². The van der Waals surface area contributed by atoms with Crippen LogP contribution in [0, 0.1) is 0 Å². The van der Waals surface area contributed by atoms with Crippen molar-refractivity contribution in [1.82, 2.24) is 4.57 Å². The molecular weight excluding hydrogens is 158 g/mol. The van der Waals surface area contributed by atoms with Crippen LogP contribution in [0.2, 0.25) is 0 Å². The van der Waals surface area contributed by atoms with E-state index in [1.807, 2.05) is 0 Å². The summed E-state index contributed by atoms with van der Waals surface area (Å²) in [5.41, 5.74) is 1.12. The van der Waals surface area contributed by atoms with Crippen molar-refractivity contribution in [2.75, 3.05) is 0 Å². The van der Waals surface area contributed by atoms with Gasteiger partial charge in [-0.15, -0.1) is 0 Å². The summed E-state index contributed by atoms with van der Waals surface area (Å²) in [4.78, 5) is 20.7. The minimum absolute atomic E-state index is 0.0513. The zero-order valence-electron chi connectivity index (χ0n) is 6.65. The van der Waals surface area contributed by atoms with E-state index in [1.165, 1.54) is 0 Å². The third-order valence-corrected chi connectivity index (χ3v) is 1.72. The maximum absolute atomic E-state index is 10.4. The highest BCUT2D eigenvalue weighted by molar-refractivity contribution is 5.74. The summed E-state index contributed by atoms with van der Waals surface area (Å²) in [6, 6.07) is 3.24. The van der Waals surface area contributed by atoms with Gasteiger partial charge in [0.2, 0.25) is 0 Å². The van der Waals surface area contributed by atoms with Crippen LogP contribution in [-0.2, 0) is 18.3 Å². The molecule has 0 aliphatic carbocycles. The lowest BCUT2D eigenvalue weighted by molar-refractivity contribution is -0.136. The summed E-state index contributed by atoms with van der Waals surface area (Å²) in [6.07, 6.45) is 0.649. The van der Waals surface area contributed by atoms with E-state index in [1.54, 1.807) is 23.7 Å². The zero-order chi connectivity index (χ0) is 9.14. The Kier molecular flexibility index (Phi) is 2.28. The highest BCUT2D eigenvalue weighted by Gasteiger charge is 2.06. The number of hydrogen-bond acceptors (Lipinski definition) is 2. The lowest BCUT2D eigenvalue weighted by Gasteiger charge is -2.00. The number of aromatic nitrogens is 1. The molecule has 0 spiro atoms. The van der Waals surface area contributed by atoms with E-state index in [4.69, 9.17) is 5.11 Å². The van der Waals surface area contributed by atoms with Crippen molar-refractivity contribution < 1.29 is 14.7 Å². The quantitative estimate of drug-likeness (QED) is 0.665. The van der Waals surface area contributed by atoms with Gasteiger partial charge in [-0.05, 0) is 12.1 Å². The molecule has 4 heteroatoms. The monoisotopic (exact) mass is 167 g/mol. The Morgan fingerprint density at radius 3 is 2.75 bits per heavy atom. The minimum atomic E-state index is -0.895. The average Bonchev–Trinajstić information content (AvgIpc) is 2.32. The number of nitrogens with zero attached hydrogens (tertiary/aromatic N) is 1. The summed E-state index contributed by atoms with van der Waals surface area (Å²) in [5, 5.41) is 8.47. The molecule has 0 aliphatic heterocycles. The van der Waals surface area contributed by atoms with Crippen molar-refractivity contribution >= 4 is 12.3 Å². The molecule has 1 rings (SSSR count). The van der Waals surface area contributed by atoms with Crippen molar-refractivity contribution in [1.29, 1.82) is 0 Å². The Bertz CT molecular complexity index is 314. The van der Waals surface area contributed by atoms with Gasteiger partial charge in [0.15, 0.2) is 6.29 Å². The third kappa shape index (κ3) is 1.53. The molecule has 0 aromatic carbocycles. The Morgan fingerprint density at radius 1 is 1.67 bits per heavy atom. The first-order valence-corrected chi connectivity index (χ1v) is 3.46. The van der Waals surface area contributed by atoms with Crippen LogP contribution in [0.1, 0.15) is 16.2 Å². The lowest BCUT2D eigenvalue weighted by Crippen LogP contribution is -2.06. The Hall–Kier alpha value is -1.58. The number of aldehydes is 1. The van der Waals surface area contributed by atoms with Crippen molar-refractivity contribution in [2.24, 2.45) is 7.05 Å². The van der Waals surface area contributed by atoms with Gasteiger partial charge in [-0.25, -0.2) is 0 Å². The summed E-state index contributed by atoms with van der Waals surface area (Å²) in [7, 11) is 1.67. The van der Waals surface area contributed by atoms with Gasteiger partial charge >= 0.3 is 5.97 Å². The predicted molar refractivity (Wildman–Crippen MR) is 42.1 cm³/mol. The van der Waals surface area contributed by atoms with E-state index in [2.05, 4.69) is 0 Å². The number of carbonyl (C=O) groups is 2. The molecule has 0 unspecified atom stereocenters. The van der Waals surface area contributed by atoms with Crippen LogP contribution in [0.25, 0.3) is 0 Å². The minimum Gasteiger partial charge on any atom is -0.481 e. The van der Waals surface area contributed by atoms with Gasteiger partial charge in [-0.3, -0.25) is 9.59 Å². The van der Waals surface area contributed by atoms with Crippen molar-refractivity contribution in [3.63, 3.8) is 0 Å². The van der Waals surface area contributed by atoms with Crippen molar-refractivity contribution in [2.45, 2.75) is 6.42 Å². The maximum Gasteiger partial charge on any atom is 0.309 e. The number of carboxylic acids is 1. The molecule has 0 aliphatic rings. The van der Waals surface area contributed by atoms with Crippen LogP contribution in [0.3, 0.4) is 0 Å². The molecule has 0 amide bonds. The number of hydrogen-bond donors (Lipinski definition) is 1. The van der Waals surface area contributed by atoms with Crippen LogP contribution in [0.5, 0.6) is 0 Å². The number of carboxylic acid groups (broad SMARTS) is 1. The second-order valence-electron chi connectivity index (χ2n) is 2.50. The molecule has 1 N–H and O–H groups in total. The molecule has 0 bridgehead atoms. The van der Waals surface area contributed by atoms with E-state index in [9.17, 15) is 9.59 Å². The standard InChI is InChI=1S/C8H9NO3/c1-9-6(4-8(11)12)2-3-7(9)5-10/h2-3,5H,4H2,1H3,(H,11,12). The maximum atomic E-state index is 10.4. The first-order chi connectivity index (χ1) is 5.65. The van der Waals surface area contributed by atoms with Gasteiger partial charge in [0.05, 0.1) is 12.1 Å². The molecule has 0 radical (unpaired) electrons. The number of carbonyl (C=O) groups excluding carboxylic acids is 1. The molecule has 0 atom stereocenters. The summed E-state index contributed by atoms with van der Waals surface area (Å²) in [6.45, 7) is 0. The highest BCUT2D eigenvalue weighted by Crippen LogP contribution is 2.05. The molecule has 0 saturated carbocycles. The number of aliphatic carboxylic acids is 1. The molecule has 12 heavy (non-hydrogen) atoms. The van der Waals surface area contributed by atoms with Crippen molar-refractivity contribution in [3.05, 3.63) is 23.5 Å². The Labute approximate surface area is 69.4 Å². The topological polar surface area (TPSA) is 59.3 Å². The Balaban J connectivity index is 2.94. The average molecular weight is 167 g/mol. The van der Waals surface area contributed by atoms with Gasteiger partial charge < -0.3 is 9.67 Å². The van der Waals surface area contributed by atoms with Crippen LogP contribution in [0.4, 0.5) is 0 Å². The molecule has 1 aromatic heterocycles. The normalized spacial score (nSPS) is 9.75. The fourth-order valence-corrected chi connectivity index (χ4v) is 1.02. The summed E-state index contributed by atoms with van der Waals surface area (Å²) in [5.74, 6) is -0.895. The molecule has 0 saturated heterocycles. The lowest BCUT2D eigenvalue weighted by atomic mass is 10.3. The van der Waals surface area contributed by atoms with E-state index < -0.39 is 5.97 Å². The fraction of sp³-hybridized carbons (Fsp3) is 0.250. The second kappa shape index (κ2) is 3.21. The first-order valence-electron chi connectivity index (χ1n) is 3.46. The predicted octanol–water partition coefficient (Wildman–Crippen LogP) is 0.465. The smallest absolute Gasteiger partial charge is 0.309 e. The fourth-order valence-electron chi connectivity index (χ4n) is 1.02. The van der Waals surface area contributed by atoms with E-state index >= 15 is 0 Å². The van der Waals surface area contributed by atoms with Gasteiger partial charge in [0.25, 0.3) is 0 Å². The van der Waals surface area contributed by atoms with E-state index in [-0.39, 0.29) is 6.42 Å². The molecule has 0 fully saturated rings. The molecule has 1 aromatic rings. The second-order valence-corrected chi connectivity index (χ2v) is 2.50. The van der Waals surface area contributed by atoms with Crippen molar-refractivity contribution in [3.8, 4) is 0 Å². The Morgan fingerprint density at radius 2 is 2.33 bits per heavy atom. The highest BCUT2D eigenvalue weighted by atomic mass is 16.4. The number of rotatable bonds is 3. The molecule has 4 nitrogen and oxygen atoms in total. The summed E-state index contributed by atoms with van der Waals surface area (Å²) >= 11 is 0. The third-order valence-electron chi connectivity index (χ3n) is 1.72. The largest absolute Gasteiger partial charge is 0.481 e. The van der Waals surface area contributed by atoms with Crippen LogP contribution >= 0.6 is 0 Å². The molecular formula is C8H9NO3. The van der Waals surface area contributed by atoms with Gasteiger partial charge in [-0.2, -0.15) is 0 Å². The van der Waals surface area contributed by atoms with Crippen LogP contribution in [0.15, 0.2) is 12.1 Å². The van der Waals surface area contributed by atoms with Gasteiger partial charge in [-0.1, -0.05) is 0 Å². The van der Waals surface area contributed by atoms with Gasteiger partial charge in [0, 0.05) is 12.7 Å². The SMILES string of the molecule is Cn1c(C=O)ccc1CC(=O)O. The van der Waals surface area contributed by atoms with E-state index in [0.717, 1.165) is 0 Å². The van der Waals surface area contributed by atoms with Gasteiger partial charge in [0.1, 0.15) is 0 Å². The van der Waals surface area contributed by atoms with E-state index in [0.29, 0.717) is 17.7 Å². The summed E-state index contributed by atoms with van der Waals surface area (Å²) < 4.78 is 1.57. The zero-order valence-corrected chi connectivity index (χ0v) is 6.65. The molecule has 64 valence electrons. The van der Waals surface area contributed by atoms with Crippen LogP contribution < -0.4 is 0 Å². The molecule has 1 heterocycles.